The first-order valence-electron chi connectivity index (χ1n) is 8.73. The minimum absolute atomic E-state index is 0.159. The molecule has 132 valence electrons. The minimum atomic E-state index is 0.159. The molecule has 0 spiro atoms. The molecule has 0 bridgehead atoms. The number of nitrogens with one attached hydrogen (secondary N) is 2. The van der Waals surface area contributed by atoms with Gasteiger partial charge in [0, 0.05) is 33.2 Å². The van der Waals surface area contributed by atoms with Crippen LogP contribution in [0.2, 0.25) is 0 Å². The summed E-state index contributed by atoms with van der Waals surface area (Å²) in [4.78, 5) is 4.25. The molecular formula is C18H27N3O3. The van der Waals surface area contributed by atoms with Crippen LogP contribution >= 0.6 is 0 Å². The standard InChI is InChI=1S/C18H27N3O3/c1-19-18(20-8-4-9-23-15-7-10-22-13-15)21-12-16-11-14-5-2-3-6-17(14)24-16/h2-3,5-6,15-16H,4,7-13H2,1H3,(H2,19,20,21). The largest absolute Gasteiger partial charge is 0.488 e. The first-order chi connectivity index (χ1) is 11.8. The third kappa shape index (κ3) is 4.85. The van der Waals surface area contributed by atoms with Crippen LogP contribution in [0.3, 0.4) is 0 Å². The number of para-hydroxylation sites is 1. The quantitative estimate of drug-likeness (QED) is 0.448. The number of aliphatic imine (C=N–C) groups is 1. The Bertz CT molecular complexity index is 519. The SMILES string of the molecule is CN=C(NCCCOC1CCOC1)NCC1Cc2ccccc2O1. The summed E-state index contributed by atoms with van der Waals surface area (Å²) in [7, 11) is 1.78. The van der Waals surface area contributed by atoms with Crippen LogP contribution in [0.1, 0.15) is 18.4 Å². The van der Waals surface area contributed by atoms with Crippen molar-refractivity contribution in [1.29, 1.82) is 0 Å². The van der Waals surface area contributed by atoms with E-state index in [4.69, 9.17) is 14.2 Å². The lowest BCUT2D eigenvalue weighted by molar-refractivity contribution is 0.0420. The Morgan fingerprint density at radius 1 is 1.33 bits per heavy atom. The zero-order valence-corrected chi connectivity index (χ0v) is 14.3. The van der Waals surface area contributed by atoms with E-state index < -0.39 is 0 Å². The molecule has 2 unspecified atom stereocenters. The Hall–Kier alpha value is -1.79. The second-order valence-electron chi connectivity index (χ2n) is 6.14. The second kappa shape index (κ2) is 8.89. The monoisotopic (exact) mass is 333 g/mol. The van der Waals surface area contributed by atoms with E-state index in [1.165, 1.54) is 5.56 Å². The summed E-state index contributed by atoms with van der Waals surface area (Å²) in [5, 5.41) is 6.64. The van der Waals surface area contributed by atoms with E-state index in [9.17, 15) is 0 Å². The molecule has 2 aliphatic rings. The zero-order chi connectivity index (χ0) is 16.6. The van der Waals surface area contributed by atoms with Gasteiger partial charge in [-0.25, -0.2) is 0 Å². The molecule has 0 saturated carbocycles. The van der Waals surface area contributed by atoms with Crippen LogP contribution in [0.4, 0.5) is 0 Å². The van der Waals surface area contributed by atoms with Gasteiger partial charge >= 0.3 is 0 Å². The highest BCUT2D eigenvalue weighted by atomic mass is 16.5. The first kappa shape index (κ1) is 17.0. The van der Waals surface area contributed by atoms with Crippen LogP contribution in [0.25, 0.3) is 0 Å². The van der Waals surface area contributed by atoms with Crippen LogP contribution < -0.4 is 15.4 Å². The third-order valence-electron chi connectivity index (χ3n) is 4.29. The zero-order valence-electron chi connectivity index (χ0n) is 14.3. The lowest BCUT2D eigenvalue weighted by Gasteiger charge is -2.16. The van der Waals surface area contributed by atoms with Crippen molar-refractivity contribution < 1.29 is 14.2 Å². The Morgan fingerprint density at radius 2 is 2.25 bits per heavy atom. The third-order valence-corrected chi connectivity index (χ3v) is 4.29. The molecule has 2 N–H and O–H groups in total. The maximum Gasteiger partial charge on any atom is 0.191 e. The topological polar surface area (TPSA) is 64.1 Å². The summed E-state index contributed by atoms with van der Waals surface area (Å²) in [6, 6.07) is 8.21. The van der Waals surface area contributed by atoms with Crippen molar-refractivity contribution in [2.24, 2.45) is 4.99 Å². The van der Waals surface area contributed by atoms with Crippen LogP contribution in [0.5, 0.6) is 5.75 Å². The number of ether oxygens (including phenoxy) is 3. The summed E-state index contributed by atoms with van der Waals surface area (Å²) in [5.74, 6) is 1.80. The number of fused-ring (bicyclic) bond motifs is 1. The molecule has 0 radical (unpaired) electrons. The van der Waals surface area contributed by atoms with Crippen molar-refractivity contribution in [3.05, 3.63) is 29.8 Å². The predicted octanol–water partition coefficient (Wildman–Crippen LogP) is 1.35. The molecular weight excluding hydrogens is 306 g/mol. The molecule has 0 aromatic heterocycles. The van der Waals surface area contributed by atoms with Gasteiger partial charge in [-0.05, 0) is 24.5 Å². The second-order valence-corrected chi connectivity index (χ2v) is 6.14. The average Bonchev–Trinajstić information content (AvgIpc) is 3.26. The number of rotatable bonds is 7. The Labute approximate surface area is 143 Å². The van der Waals surface area contributed by atoms with Gasteiger partial charge < -0.3 is 24.8 Å². The number of benzene rings is 1. The smallest absolute Gasteiger partial charge is 0.191 e. The maximum absolute atomic E-state index is 5.92. The highest BCUT2D eigenvalue weighted by Crippen LogP contribution is 2.27. The minimum Gasteiger partial charge on any atom is -0.488 e. The molecule has 2 aliphatic heterocycles. The highest BCUT2D eigenvalue weighted by Gasteiger charge is 2.22. The van der Waals surface area contributed by atoms with Crippen molar-refractivity contribution >= 4 is 5.96 Å². The molecule has 6 heteroatoms. The fourth-order valence-electron chi connectivity index (χ4n) is 2.97. The fourth-order valence-corrected chi connectivity index (χ4v) is 2.97. The van der Waals surface area contributed by atoms with E-state index in [0.29, 0.717) is 0 Å². The molecule has 1 aromatic rings. The molecule has 0 aliphatic carbocycles. The van der Waals surface area contributed by atoms with Crippen LogP contribution in [-0.2, 0) is 15.9 Å². The number of hydrogen-bond donors (Lipinski definition) is 2. The predicted molar refractivity (Wildman–Crippen MR) is 93.7 cm³/mol. The molecule has 6 nitrogen and oxygen atoms in total. The van der Waals surface area contributed by atoms with Gasteiger partial charge in [0.2, 0.25) is 0 Å². The van der Waals surface area contributed by atoms with E-state index in [-0.39, 0.29) is 12.2 Å². The van der Waals surface area contributed by atoms with Gasteiger partial charge in [0.25, 0.3) is 0 Å². The number of guanidine groups is 1. The van der Waals surface area contributed by atoms with Gasteiger partial charge in [0.1, 0.15) is 11.9 Å². The molecule has 2 heterocycles. The molecule has 1 aromatic carbocycles. The Kier molecular flexibility index (Phi) is 6.32. The first-order valence-corrected chi connectivity index (χ1v) is 8.73. The van der Waals surface area contributed by atoms with E-state index in [0.717, 1.165) is 63.9 Å². The van der Waals surface area contributed by atoms with Crippen molar-refractivity contribution in [3.63, 3.8) is 0 Å². The lowest BCUT2D eigenvalue weighted by Crippen LogP contribution is -2.42. The summed E-state index contributed by atoms with van der Waals surface area (Å²) < 4.78 is 17.0. The van der Waals surface area contributed by atoms with Crippen LogP contribution in [0.15, 0.2) is 29.3 Å². The maximum atomic E-state index is 5.92. The summed E-state index contributed by atoms with van der Waals surface area (Å²) in [5.41, 5.74) is 1.28. The van der Waals surface area contributed by atoms with E-state index >= 15 is 0 Å². The van der Waals surface area contributed by atoms with Crippen molar-refractivity contribution in [1.82, 2.24) is 10.6 Å². The van der Waals surface area contributed by atoms with Gasteiger partial charge in [-0.15, -0.1) is 0 Å². The van der Waals surface area contributed by atoms with Crippen molar-refractivity contribution in [2.45, 2.75) is 31.5 Å². The summed E-state index contributed by atoms with van der Waals surface area (Å²) >= 11 is 0. The van der Waals surface area contributed by atoms with Gasteiger partial charge in [-0.1, -0.05) is 18.2 Å². The van der Waals surface area contributed by atoms with Crippen LogP contribution in [-0.4, -0.2) is 58.1 Å². The molecule has 2 atom stereocenters. The summed E-state index contributed by atoms with van der Waals surface area (Å²) in [6.07, 6.45) is 3.34. The summed E-state index contributed by atoms with van der Waals surface area (Å²) in [6.45, 7) is 3.88. The lowest BCUT2D eigenvalue weighted by atomic mass is 10.1. The van der Waals surface area contributed by atoms with Gasteiger partial charge in [0.15, 0.2) is 5.96 Å². The number of hydrogen-bond acceptors (Lipinski definition) is 4. The fraction of sp³-hybridized carbons (Fsp3) is 0.611. The highest BCUT2D eigenvalue weighted by molar-refractivity contribution is 5.79. The van der Waals surface area contributed by atoms with Gasteiger partial charge in [0.05, 0.1) is 19.3 Å². The Morgan fingerprint density at radius 3 is 3.04 bits per heavy atom. The van der Waals surface area contributed by atoms with Gasteiger partial charge in [-0.2, -0.15) is 0 Å². The molecule has 1 fully saturated rings. The average molecular weight is 333 g/mol. The number of nitrogens with zero attached hydrogens (tertiary/aromatic N) is 1. The van der Waals surface area contributed by atoms with E-state index in [1.54, 1.807) is 7.05 Å². The normalized spacial score (nSPS) is 23.0. The Balaban J connectivity index is 1.28. The van der Waals surface area contributed by atoms with Crippen LogP contribution in [0, 0.1) is 0 Å². The van der Waals surface area contributed by atoms with Gasteiger partial charge in [-0.3, -0.25) is 4.99 Å². The van der Waals surface area contributed by atoms with E-state index in [2.05, 4.69) is 27.8 Å². The van der Waals surface area contributed by atoms with E-state index in [1.807, 2.05) is 12.1 Å². The van der Waals surface area contributed by atoms with Crippen molar-refractivity contribution in [3.8, 4) is 5.75 Å². The molecule has 1 saturated heterocycles. The molecule has 0 amide bonds. The molecule has 24 heavy (non-hydrogen) atoms. The molecule has 3 rings (SSSR count). The van der Waals surface area contributed by atoms with Crippen molar-refractivity contribution in [2.75, 3.05) is 40.0 Å².